The van der Waals surface area contributed by atoms with E-state index in [4.69, 9.17) is 4.74 Å². The molecule has 0 radical (unpaired) electrons. The maximum atomic E-state index is 12.8. The predicted molar refractivity (Wildman–Crippen MR) is 84.6 cm³/mol. The Kier molecular flexibility index (Phi) is 4.15. The number of carbonyl (C=O) groups is 1. The minimum Gasteiger partial charge on any atom is -0.381 e. The first-order valence-electron chi connectivity index (χ1n) is 8.30. The molecular formula is C16H23N3O2S. The molecule has 1 amide bonds. The van der Waals surface area contributed by atoms with E-state index in [0.717, 1.165) is 57.7 Å². The fourth-order valence-electron chi connectivity index (χ4n) is 4.12. The summed E-state index contributed by atoms with van der Waals surface area (Å²) in [4.78, 5) is 21.8. The summed E-state index contributed by atoms with van der Waals surface area (Å²) in [5.74, 6) is 0.527. The van der Waals surface area contributed by atoms with E-state index < -0.39 is 0 Å². The lowest BCUT2D eigenvalue weighted by molar-refractivity contribution is -0.140. The number of hydrogen-bond donors (Lipinski definition) is 0. The topological polar surface area (TPSA) is 45.7 Å². The lowest BCUT2D eigenvalue weighted by Crippen LogP contribution is -2.48. The van der Waals surface area contributed by atoms with Gasteiger partial charge in [-0.3, -0.25) is 9.69 Å². The van der Waals surface area contributed by atoms with E-state index in [1.54, 1.807) is 11.3 Å². The van der Waals surface area contributed by atoms with E-state index in [1.165, 1.54) is 0 Å². The monoisotopic (exact) mass is 321 g/mol. The number of aromatic nitrogens is 1. The number of thiazole rings is 1. The molecule has 5 rings (SSSR count). The number of carbonyl (C=O) groups excluding carboxylic acids is 1. The van der Waals surface area contributed by atoms with E-state index in [-0.39, 0.29) is 5.92 Å². The van der Waals surface area contributed by atoms with E-state index in [9.17, 15) is 4.79 Å². The van der Waals surface area contributed by atoms with Crippen molar-refractivity contribution in [3.05, 3.63) is 16.6 Å². The average molecular weight is 321 g/mol. The highest BCUT2D eigenvalue weighted by molar-refractivity contribution is 7.07. The Morgan fingerprint density at radius 2 is 2.05 bits per heavy atom. The standard InChI is InChI=1S/C16H23N3O2S/c20-16-12-1-2-15(19(16)8-13-10-22-11-17-13)9-18(7-12)14-3-5-21-6-4-14/h10-12,14-15H,1-9H2/t12-,15+/m0/s1. The Hall–Kier alpha value is -0.980. The third-order valence-electron chi connectivity index (χ3n) is 5.34. The molecule has 5 heterocycles. The van der Waals surface area contributed by atoms with Gasteiger partial charge in [-0.1, -0.05) is 0 Å². The van der Waals surface area contributed by atoms with Crippen molar-refractivity contribution in [2.75, 3.05) is 26.3 Å². The molecule has 1 aromatic rings. The molecular weight excluding hydrogens is 298 g/mol. The van der Waals surface area contributed by atoms with Gasteiger partial charge in [0.15, 0.2) is 0 Å². The molecule has 4 aliphatic heterocycles. The van der Waals surface area contributed by atoms with Crippen LogP contribution in [-0.2, 0) is 16.1 Å². The van der Waals surface area contributed by atoms with Crippen LogP contribution < -0.4 is 0 Å². The van der Waals surface area contributed by atoms with Gasteiger partial charge < -0.3 is 9.64 Å². The third kappa shape index (κ3) is 2.79. The molecule has 0 aliphatic carbocycles. The first kappa shape index (κ1) is 14.6. The van der Waals surface area contributed by atoms with Crippen LogP contribution in [-0.4, -0.2) is 59.1 Å². The lowest BCUT2D eigenvalue weighted by Gasteiger charge is -2.36. The zero-order valence-corrected chi connectivity index (χ0v) is 13.6. The maximum Gasteiger partial charge on any atom is 0.227 e. The Morgan fingerprint density at radius 3 is 2.82 bits per heavy atom. The number of fused-ring (bicyclic) bond motifs is 4. The highest BCUT2D eigenvalue weighted by Crippen LogP contribution is 2.32. The van der Waals surface area contributed by atoms with Crippen molar-refractivity contribution >= 4 is 17.2 Å². The Morgan fingerprint density at radius 1 is 1.18 bits per heavy atom. The van der Waals surface area contributed by atoms with Crippen molar-refractivity contribution in [1.82, 2.24) is 14.8 Å². The van der Waals surface area contributed by atoms with Crippen LogP contribution >= 0.6 is 11.3 Å². The van der Waals surface area contributed by atoms with Gasteiger partial charge in [0.1, 0.15) is 0 Å². The summed E-state index contributed by atoms with van der Waals surface area (Å²) >= 11 is 1.60. The molecule has 120 valence electrons. The van der Waals surface area contributed by atoms with Gasteiger partial charge in [0.25, 0.3) is 0 Å². The van der Waals surface area contributed by atoms with Crippen LogP contribution in [0.5, 0.6) is 0 Å². The molecule has 4 aliphatic rings. The highest BCUT2D eigenvalue weighted by atomic mass is 32.1. The molecule has 0 unspecified atom stereocenters. The summed E-state index contributed by atoms with van der Waals surface area (Å²) in [6.45, 7) is 4.38. The second-order valence-electron chi connectivity index (χ2n) is 6.67. The van der Waals surface area contributed by atoms with Crippen LogP contribution in [0.15, 0.2) is 10.9 Å². The van der Waals surface area contributed by atoms with Crippen LogP contribution in [0.25, 0.3) is 0 Å². The quantitative estimate of drug-likeness (QED) is 0.851. The molecule has 5 nitrogen and oxygen atoms in total. The SMILES string of the molecule is O=C1[C@H]2CC[C@H](CN(C3CCOCC3)C2)N1Cc1cscn1. The van der Waals surface area contributed by atoms with Gasteiger partial charge in [-0.2, -0.15) is 0 Å². The Labute approximate surface area is 135 Å². The van der Waals surface area contributed by atoms with Crippen LogP contribution in [0.4, 0.5) is 0 Å². The van der Waals surface area contributed by atoms with Crippen LogP contribution in [0, 0.1) is 5.92 Å². The second kappa shape index (κ2) is 6.26. The molecule has 4 saturated heterocycles. The molecule has 0 saturated carbocycles. The molecule has 0 aromatic carbocycles. The number of rotatable bonds is 3. The molecule has 2 bridgehead atoms. The number of amides is 1. The summed E-state index contributed by atoms with van der Waals surface area (Å²) in [5, 5.41) is 2.06. The molecule has 0 N–H and O–H groups in total. The van der Waals surface area contributed by atoms with Gasteiger partial charge in [-0.25, -0.2) is 4.98 Å². The first-order valence-corrected chi connectivity index (χ1v) is 9.25. The van der Waals surface area contributed by atoms with Crippen molar-refractivity contribution in [2.24, 2.45) is 5.92 Å². The van der Waals surface area contributed by atoms with Gasteiger partial charge in [0.2, 0.25) is 5.91 Å². The van der Waals surface area contributed by atoms with Crippen LogP contribution in [0.1, 0.15) is 31.4 Å². The zero-order chi connectivity index (χ0) is 14.9. The molecule has 2 atom stereocenters. The van der Waals surface area contributed by atoms with Crippen LogP contribution in [0.3, 0.4) is 0 Å². The van der Waals surface area contributed by atoms with Gasteiger partial charge in [0, 0.05) is 43.8 Å². The van der Waals surface area contributed by atoms with Crippen molar-refractivity contribution < 1.29 is 9.53 Å². The normalized spacial score (nSPS) is 30.7. The van der Waals surface area contributed by atoms with Gasteiger partial charge in [0.05, 0.1) is 23.7 Å². The highest BCUT2D eigenvalue weighted by Gasteiger charge is 2.42. The number of piperidine rings is 1. The molecule has 4 fully saturated rings. The summed E-state index contributed by atoms with van der Waals surface area (Å²) < 4.78 is 5.49. The molecule has 0 spiro atoms. The Balaban J connectivity index is 1.50. The average Bonchev–Trinajstić information content (AvgIpc) is 2.92. The minimum atomic E-state index is 0.181. The van der Waals surface area contributed by atoms with Gasteiger partial charge in [-0.05, 0) is 25.7 Å². The van der Waals surface area contributed by atoms with Crippen LogP contribution in [0.2, 0.25) is 0 Å². The van der Waals surface area contributed by atoms with Crippen molar-refractivity contribution in [2.45, 2.75) is 44.3 Å². The van der Waals surface area contributed by atoms with Crippen molar-refractivity contribution in [3.63, 3.8) is 0 Å². The molecule has 1 aromatic heterocycles. The van der Waals surface area contributed by atoms with E-state index in [2.05, 4.69) is 20.2 Å². The molecule has 6 heteroatoms. The fraction of sp³-hybridized carbons (Fsp3) is 0.750. The predicted octanol–water partition coefficient (Wildman–Crippen LogP) is 1.74. The first-order chi connectivity index (χ1) is 10.8. The smallest absolute Gasteiger partial charge is 0.227 e. The lowest BCUT2D eigenvalue weighted by atomic mass is 9.94. The molecule has 22 heavy (non-hydrogen) atoms. The van der Waals surface area contributed by atoms with Gasteiger partial charge >= 0.3 is 0 Å². The van der Waals surface area contributed by atoms with Crippen molar-refractivity contribution in [1.29, 1.82) is 0 Å². The maximum absolute atomic E-state index is 12.8. The van der Waals surface area contributed by atoms with Crippen molar-refractivity contribution in [3.8, 4) is 0 Å². The minimum absolute atomic E-state index is 0.181. The summed E-state index contributed by atoms with van der Waals surface area (Å²) in [5.41, 5.74) is 2.88. The number of ether oxygens (including phenoxy) is 1. The Bertz CT molecular complexity index is 515. The summed E-state index contributed by atoms with van der Waals surface area (Å²) in [6.07, 6.45) is 4.41. The third-order valence-corrected chi connectivity index (χ3v) is 5.98. The zero-order valence-electron chi connectivity index (χ0n) is 12.8. The second-order valence-corrected chi connectivity index (χ2v) is 7.39. The summed E-state index contributed by atoms with van der Waals surface area (Å²) in [7, 11) is 0. The summed E-state index contributed by atoms with van der Waals surface area (Å²) in [6, 6.07) is 0.958. The fourth-order valence-corrected chi connectivity index (χ4v) is 4.67. The van der Waals surface area contributed by atoms with E-state index >= 15 is 0 Å². The van der Waals surface area contributed by atoms with Gasteiger partial charge in [-0.15, -0.1) is 11.3 Å². The number of nitrogens with zero attached hydrogens (tertiary/aromatic N) is 3. The number of hydrogen-bond acceptors (Lipinski definition) is 5. The van der Waals surface area contributed by atoms with E-state index in [1.807, 2.05) is 5.51 Å². The van der Waals surface area contributed by atoms with E-state index in [0.29, 0.717) is 24.5 Å². The largest absolute Gasteiger partial charge is 0.381 e.